The summed E-state index contributed by atoms with van der Waals surface area (Å²) in [7, 11) is 1.95. The van der Waals surface area contributed by atoms with E-state index in [1.807, 2.05) is 31.0 Å². The molecule has 0 unspecified atom stereocenters. The van der Waals surface area contributed by atoms with Gasteiger partial charge in [-0.15, -0.1) is 0 Å². The maximum absolute atomic E-state index is 10.8. The van der Waals surface area contributed by atoms with E-state index in [-0.39, 0.29) is 0 Å². The van der Waals surface area contributed by atoms with Crippen molar-refractivity contribution < 1.29 is 14.4 Å². The van der Waals surface area contributed by atoms with Crippen LogP contribution in [0, 0.1) is 0 Å². The second kappa shape index (κ2) is 6.29. The fourth-order valence-corrected chi connectivity index (χ4v) is 1.85. The monoisotopic (exact) mass is 275 g/mol. The molecule has 0 aliphatic heterocycles. The summed E-state index contributed by atoms with van der Waals surface area (Å²) >= 11 is 0. The van der Waals surface area contributed by atoms with E-state index in [1.54, 1.807) is 12.1 Å². The minimum absolute atomic E-state index is 0.292. The predicted octanol–water partition coefficient (Wildman–Crippen LogP) is 1.96. The first-order valence-corrected chi connectivity index (χ1v) is 6.40. The number of carbonyl (C=O) groups is 1. The number of carboxylic acids is 1. The molecule has 6 nitrogen and oxygen atoms in total. The van der Waals surface area contributed by atoms with Crippen molar-refractivity contribution in [2.75, 3.05) is 7.05 Å². The summed E-state index contributed by atoms with van der Waals surface area (Å²) in [6, 6.07) is 6.83. The molecule has 0 amide bonds. The van der Waals surface area contributed by atoms with E-state index in [0.717, 1.165) is 12.0 Å². The van der Waals surface area contributed by atoms with E-state index in [4.69, 9.17) is 9.63 Å². The zero-order valence-electron chi connectivity index (χ0n) is 11.5. The van der Waals surface area contributed by atoms with Crippen molar-refractivity contribution in [3.63, 3.8) is 0 Å². The lowest BCUT2D eigenvalue weighted by Crippen LogP contribution is -2.17. The van der Waals surface area contributed by atoms with Gasteiger partial charge in [0.05, 0.1) is 12.1 Å². The van der Waals surface area contributed by atoms with E-state index in [1.165, 1.54) is 0 Å². The van der Waals surface area contributed by atoms with Gasteiger partial charge in [0.1, 0.15) is 0 Å². The number of rotatable bonds is 6. The highest BCUT2D eigenvalue weighted by Crippen LogP contribution is 2.09. The Morgan fingerprint density at radius 1 is 1.30 bits per heavy atom. The average Bonchev–Trinajstić information content (AvgIpc) is 2.86. The Bertz CT molecular complexity index is 578. The van der Waals surface area contributed by atoms with Gasteiger partial charge in [-0.3, -0.25) is 4.90 Å². The van der Waals surface area contributed by atoms with Crippen molar-refractivity contribution >= 4 is 5.97 Å². The Hall–Kier alpha value is -2.21. The third-order valence-electron chi connectivity index (χ3n) is 2.88. The van der Waals surface area contributed by atoms with Crippen molar-refractivity contribution in [2.45, 2.75) is 26.4 Å². The van der Waals surface area contributed by atoms with Crippen LogP contribution < -0.4 is 0 Å². The molecular formula is C14H17N3O3. The van der Waals surface area contributed by atoms with Gasteiger partial charge in [-0.05, 0) is 24.7 Å². The molecule has 0 saturated heterocycles. The van der Waals surface area contributed by atoms with Gasteiger partial charge in [0.2, 0.25) is 5.89 Å². The minimum Gasteiger partial charge on any atom is -0.478 e. The quantitative estimate of drug-likeness (QED) is 0.868. The molecule has 106 valence electrons. The number of aryl methyl sites for hydroxylation is 1. The summed E-state index contributed by atoms with van der Waals surface area (Å²) in [5.74, 6) is 0.383. The van der Waals surface area contributed by atoms with Crippen LogP contribution in [-0.2, 0) is 19.5 Å². The molecule has 1 aromatic carbocycles. The van der Waals surface area contributed by atoms with Gasteiger partial charge in [0, 0.05) is 13.0 Å². The van der Waals surface area contributed by atoms with Crippen molar-refractivity contribution in [1.29, 1.82) is 0 Å². The number of hydrogen-bond acceptors (Lipinski definition) is 5. The summed E-state index contributed by atoms with van der Waals surface area (Å²) in [4.78, 5) is 17.0. The van der Waals surface area contributed by atoms with E-state index in [0.29, 0.717) is 30.4 Å². The van der Waals surface area contributed by atoms with Crippen LogP contribution in [0.25, 0.3) is 0 Å². The molecule has 0 fully saturated rings. The molecule has 20 heavy (non-hydrogen) atoms. The van der Waals surface area contributed by atoms with Gasteiger partial charge in [-0.2, -0.15) is 4.98 Å². The van der Waals surface area contributed by atoms with E-state index in [9.17, 15) is 4.79 Å². The Labute approximate surface area is 117 Å². The third kappa shape index (κ3) is 3.64. The lowest BCUT2D eigenvalue weighted by atomic mass is 10.1. The maximum atomic E-state index is 10.8. The van der Waals surface area contributed by atoms with Crippen LogP contribution in [0.15, 0.2) is 28.8 Å². The molecule has 2 aromatic rings. The molecular weight excluding hydrogens is 258 g/mol. The van der Waals surface area contributed by atoms with Crippen LogP contribution in [0.3, 0.4) is 0 Å². The SMILES string of the molecule is CCc1noc(CN(C)Cc2ccc(C(=O)O)cc2)n1. The van der Waals surface area contributed by atoms with Gasteiger partial charge in [0.25, 0.3) is 0 Å². The molecule has 0 atom stereocenters. The lowest BCUT2D eigenvalue weighted by Gasteiger charge is -2.14. The summed E-state index contributed by atoms with van der Waals surface area (Å²) in [5.41, 5.74) is 1.33. The highest BCUT2D eigenvalue weighted by molar-refractivity contribution is 5.87. The molecule has 0 saturated carbocycles. The largest absolute Gasteiger partial charge is 0.478 e. The predicted molar refractivity (Wildman–Crippen MR) is 72.2 cm³/mol. The fraction of sp³-hybridized carbons (Fsp3) is 0.357. The fourth-order valence-electron chi connectivity index (χ4n) is 1.85. The molecule has 2 rings (SSSR count). The molecule has 1 heterocycles. The van der Waals surface area contributed by atoms with E-state index >= 15 is 0 Å². The Morgan fingerprint density at radius 2 is 2.00 bits per heavy atom. The van der Waals surface area contributed by atoms with Crippen LogP contribution in [0.1, 0.15) is 34.6 Å². The van der Waals surface area contributed by atoms with Gasteiger partial charge >= 0.3 is 5.97 Å². The minimum atomic E-state index is -0.914. The lowest BCUT2D eigenvalue weighted by molar-refractivity contribution is 0.0697. The normalized spacial score (nSPS) is 10.9. The second-order valence-corrected chi connectivity index (χ2v) is 4.63. The molecule has 0 radical (unpaired) electrons. The molecule has 1 N–H and O–H groups in total. The highest BCUT2D eigenvalue weighted by atomic mass is 16.5. The first-order valence-electron chi connectivity index (χ1n) is 6.40. The number of hydrogen-bond donors (Lipinski definition) is 1. The number of aromatic carboxylic acids is 1. The third-order valence-corrected chi connectivity index (χ3v) is 2.88. The zero-order chi connectivity index (χ0) is 14.5. The maximum Gasteiger partial charge on any atom is 0.335 e. The number of aromatic nitrogens is 2. The average molecular weight is 275 g/mol. The summed E-state index contributed by atoms with van der Waals surface area (Å²) in [6.45, 7) is 3.22. The van der Waals surface area contributed by atoms with Crippen LogP contribution in [-0.4, -0.2) is 33.2 Å². The second-order valence-electron chi connectivity index (χ2n) is 4.63. The van der Waals surface area contributed by atoms with Crippen LogP contribution in [0.5, 0.6) is 0 Å². The molecule has 0 spiro atoms. The molecule has 1 aromatic heterocycles. The van der Waals surface area contributed by atoms with Crippen molar-refractivity contribution in [2.24, 2.45) is 0 Å². The highest BCUT2D eigenvalue weighted by Gasteiger charge is 2.09. The summed E-state index contributed by atoms with van der Waals surface area (Å²) < 4.78 is 5.13. The van der Waals surface area contributed by atoms with Gasteiger partial charge in [-0.1, -0.05) is 24.2 Å². The first kappa shape index (κ1) is 14.2. The first-order chi connectivity index (χ1) is 9.58. The molecule has 0 bridgehead atoms. The summed E-state index contributed by atoms with van der Waals surface area (Å²) in [5, 5.41) is 12.7. The Morgan fingerprint density at radius 3 is 2.55 bits per heavy atom. The number of carboxylic acid groups (broad SMARTS) is 1. The van der Waals surface area contributed by atoms with E-state index < -0.39 is 5.97 Å². The standard InChI is InChI=1S/C14H17N3O3/c1-3-12-15-13(20-16-12)9-17(2)8-10-4-6-11(7-5-10)14(18)19/h4-7H,3,8-9H2,1-2H3,(H,18,19). The molecule has 0 aliphatic rings. The van der Waals surface area contributed by atoms with Crippen molar-refractivity contribution in [1.82, 2.24) is 15.0 Å². The van der Waals surface area contributed by atoms with Crippen molar-refractivity contribution in [3.8, 4) is 0 Å². The van der Waals surface area contributed by atoms with Crippen LogP contribution in [0.2, 0.25) is 0 Å². The van der Waals surface area contributed by atoms with Gasteiger partial charge in [0.15, 0.2) is 5.82 Å². The van der Waals surface area contributed by atoms with Gasteiger partial charge < -0.3 is 9.63 Å². The number of benzene rings is 1. The van der Waals surface area contributed by atoms with E-state index in [2.05, 4.69) is 10.1 Å². The Balaban J connectivity index is 1.93. The van der Waals surface area contributed by atoms with Crippen LogP contribution >= 0.6 is 0 Å². The Kier molecular flexibility index (Phi) is 4.47. The molecule has 6 heteroatoms. The smallest absolute Gasteiger partial charge is 0.335 e. The number of nitrogens with zero attached hydrogens (tertiary/aromatic N) is 3. The topological polar surface area (TPSA) is 79.5 Å². The van der Waals surface area contributed by atoms with Crippen LogP contribution in [0.4, 0.5) is 0 Å². The zero-order valence-corrected chi connectivity index (χ0v) is 11.5. The summed E-state index contributed by atoms with van der Waals surface area (Å²) in [6.07, 6.45) is 0.754. The molecule has 0 aliphatic carbocycles. The van der Waals surface area contributed by atoms with Gasteiger partial charge in [-0.25, -0.2) is 4.79 Å². The van der Waals surface area contributed by atoms with Crippen molar-refractivity contribution in [3.05, 3.63) is 47.1 Å².